The molecule has 0 fully saturated rings. The molecule has 1 N–H and O–H groups in total. The summed E-state index contributed by atoms with van der Waals surface area (Å²) in [5.74, 6) is 0.0712. The van der Waals surface area contributed by atoms with Gasteiger partial charge in [0.25, 0.3) is 0 Å². The average molecular weight is 290 g/mol. The maximum Gasteiger partial charge on any atom is 0.177 e. The number of para-hydroxylation sites is 1. The van der Waals surface area contributed by atoms with Gasteiger partial charge in [0.2, 0.25) is 0 Å². The number of sulfone groups is 1. The van der Waals surface area contributed by atoms with Crippen LogP contribution < -0.4 is 0 Å². The molecule has 0 aliphatic carbocycles. The first-order valence-corrected chi connectivity index (χ1v) is 7.79. The van der Waals surface area contributed by atoms with Crippen LogP contribution >= 0.6 is 0 Å². The molecule has 2 aromatic carbocycles. The monoisotopic (exact) mass is 290 g/mol. The normalized spacial score (nSPS) is 11.9. The van der Waals surface area contributed by atoms with E-state index in [1.165, 1.54) is 18.2 Å². The van der Waals surface area contributed by atoms with Gasteiger partial charge < -0.3 is 4.98 Å². The van der Waals surface area contributed by atoms with E-state index < -0.39 is 9.84 Å². The fraction of sp³-hybridized carbons (Fsp3) is 0.0714. The van der Waals surface area contributed by atoms with E-state index in [1.54, 1.807) is 24.3 Å². The summed E-state index contributed by atoms with van der Waals surface area (Å²) in [7, 11) is -3.36. The van der Waals surface area contributed by atoms with Crippen LogP contribution in [-0.4, -0.2) is 24.6 Å². The zero-order chi connectivity index (χ0) is 14.3. The van der Waals surface area contributed by atoms with E-state index in [1.807, 2.05) is 0 Å². The Bertz CT molecular complexity index is 900. The van der Waals surface area contributed by atoms with Crippen molar-refractivity contribution in [1.82, 2.24) is 9.97 Å². The molecule has 3 rings (SSSR count). The predicted molar refractivity (Wildman–Crippen MR) is 74.6 cm³/mol. The van der Waals surface area contributed by atoms with Crippen LogP contribution in [0.25, 0.3) is 22.4 Å². The predicted octanol–water partition coefficient (Wildman–Crippen LogP) is 2.77. The van der Waals surface area contributed by atoms with Gasteiger partial charge >= 0.3 is 0 Å². The topological polar surface area (TPSA) is 62.8 Å². The molecule has 0 atom stereocenters. The molecule has 0 unspecified atom stereocenters. The minimum absolute atomic E-state index is 0.161. The Morgan fingerprint density at radius 2 is 1.90 bits per heavy atom. The number of aromatic nitrogens is 2. The first-order chi connectivity index (χ1) is 9.45. The fourth-order valence-electron chi connectivity index (χ4n) is 2.08. The molecule has 1 aromatic heterocycles. The molecule has 102 valence electrons. The molecule has 1 heterocycles. The lowest BCUT2D eigenvalue weighted by molar-refractivity contribution is 0.602. The fourth-order valence-corrected chi connectivity index (χ4v) is 2.91. The Kier molecular flexibility index (Phi) is 2.83. The van der Waals surface area contributed by atoms with Crippen LogP contribution in [-0.2, 0) is 9.84 Å². The Morgan fingerprint density at radius 1 is 1.15 bits per heavy atom. The Balaban J connectivity index is 2.26. The molecular formula is C14H11FN2O2S. The second-order valence-corrected chi connectivity index (χ2v) is 6.50. The highest BCUT2D eigenvalue weighted by Crippen LogP contribution is 2.25. The zero-order valence-electron chi connectivity index (χ0n) is 10.6. The van der Waals surface area contributed by atoms with Crippen molar-refractivity contribution < 1.29 is 12.8 Å². The summed E-state index contributed by atoms with van der Waals surface area (Å²) in [6.07, 6.45) is 1.14. The number of nitrogens with one attached hydrogen (secondary N) is 1. The summed E-state index contributed by atoms with van der Waals surface area (Å²) in [5, 5.41) is 0. The van der Waals surface area contributed by atoms with Crippen LogP contribution in [0.1, 0.15) is 0 Å². The van der Waals surface area contributed by atoms with Crippen molar-refractivity contribution in [3.05, 3.63) is 48.3 Å². The second kappa shape index (κ2) is 4.42. The summed E-state index contributed by atoms with van der Waals surface area (Å²) in [4.78, 5) is 7.46. The molecule has 0 amide bonds. The molecule has 0 aliphatic rings. The van der Waals surface area contributed by atoms with Gasteiger partial charge in [-0.2, -0.15) is 0 Å². The highest BCUT2D eigenvalue weighted by Gasteiger charge is 2.15. The largest absolute Gasteiger partial charge is 0.338 e. The summed E-state index contributed by atoms with van der Waals surface area (Å²) in [5.41, 5.74) is 1.54. The van der Waals surface area contributed by atoms with E-state index in [0.29, 0.717) is 22.4 Å². The molecule has 4 nitrogen and oxygen atoms in total. The van der Waals surface area contributed by atoms with Gasteiger partial charge in [0.15, 0.2) is 9.84 Å². The zero-order valence-corrected chi connectivity index (χ0v) is 11.4. The second-order valence-electron chi connectivity index (χ2n) is 4.52. The number of halogens is 1. The number of benzene rings is 2. The van der Waals surface area contributed by atoms with Gasteiger partial charge in [-0.3, -0.25) is 0 Å². The van der Waals surface area contributed by atoms with Crippen LogP contribution in [0.15, 0.2) is 47.4 Å². The first kappa shape index (κ1) is 12.8. The molecule has 0 saturated heterocycles. The Labute approximate surface area is 115 Å². The van der Waals surface area contributed by atoms with E-state index in [9.17, 15) is 12.8 Å². The summed E-state index contributed by atoms with van der Waals surface area (Å²) < 4.78 is 36.7. The highest BCUT2D eigenvalue weighted by atomic mass is 32.2. The third kappa shape index (κ3) is 2.18. The minimum Gasteiger partial charge on any atom is -0.338 e. The number of aromatic amines is 1. The van der Waals surface area contributed by atoms with Crippen molar-refractivity contribution in [3.63, 3.8) is 0 Å². The van der Waals surface area contributed by atoms with Gasteiger partial charge in [-0.1, -0.05) is 18.2 Å². The van der Waals surface area contributed by atoms with Gasteiger partial charge in [0.05, 0.1) is 10.4 Å². The number of H-pyrrole nitrogens is 1. The highest BCUT2D eigenvalue weighted by molar-refractivity contribution is 7.91. The van der Waals surface area contributed by atoms with Crippen molar-refractivity contribution in [2.75, 3.05) is 6.26 Å². The molecular weight excluding hydrogens is 279 g/mol. The van der Waals surface area contributed by atoms with Crippen LogP contribution in [0.4, 0.5) is 4.39 Å². The van der Waals surface area contributed by atoms with Crippen molar-refractivity contribution in [2.24, 2.45) is 0 Å². The summed E-state index contributed by atoms with van der Waals surface area (Å²) in [6, 6.07) is 10.9. The van der Waals surface area contributed by atoms with Crippen LogP contribution in [0, 0.1) is 5.82 Å². The molecule has 0 aliphatic heterocycles. The van der Waals surface area contributed by atoms with Crippen molar-refractivity contribution in [1.29, 1.82) is 0 Å². The smallest absolute Gasteiger partial charge is 0.177 e. The lowest BCUT2D eigenvalue weighted by atomic mass is 10.2. The maximum atomic E-state index is 13.2. The standard InChI is InChI=1S/C14H11FN2O2S/c1-20(18,19)12-7-3-6-11-13(12)17-14(16-11)9-4-2-5-10(15)8-9/h2-8H,1H3,(H,16,17). The molecule has 0 spiro atoms. The average Bonchev–Trinajstić information content (AvgIpc) is 2.81. The van der Waals surface area contributed by atoms with E-state index in [-0.39, 0.29) is 10.7 Å². The quantitative estimate of drug-likeness (QED) is 0.789. The third-order valence-electron chi connectivity index (χ3n) is 2.97. The lowest BCUT2D eigenvalue weighted by Crippen LogP contribution is -1.97. The summed E-state index contributed by atoms with van der Waals surface area (Å²) in [6.45, 7) is 0. The number of imidazole rings is 1. The molecule has 20 heavy (non-hydrogen) atoms. The van der Waals surface area contributed by atoms with Gasteiger partial charge in [0.1, 0.15) is 17.2 Å². The Morgan fingerprint density at radius 3 is 2.60 bits per heavy atom. The molecule has 6 heteroatoms. The number of rotatable bonds is 2. The van der Waals surface area contributed by atoms with Crippen LogP contribution in [0.5, 0.6) is 0 Å². The van der Waals surface area contributed by atoms with E-state index >= 15 is 0 Å². The third-order valence-corrected chi connectivity index (χ3v) is 4.10. The van der Waals surface area contributed by atoms with E-state index in [4.69, 9.17) is 0 Å². The van der Waals surface area contributed by atoms with E-state index in [0.717, 1.165) is 6.26 Å². The Hall–Kier alpha value is -2.21. The van der Waals surface area contributed by atoms with Gasteiger partial charge in [-0.25, -0.2) is 17.8 Å². The van der Waals surface area contributed by atoms with E-state index in [2.05, 4.69) is 9.97 Å². The lowest BCUT2D eigenvalue weighted by Gasteiger charge is -1.97. The minimum atomic E-state index is -3.36. The number of hydrogen-bond donors (Lipinski definition) is 1. The van der Waals surface area contributed by atoms with Crippen LogP contribution in [0.3, 0.4) is 0 Å². The SMILES string of the molecule is CS(=O)(=O)c1cccc2[nH]c(-c3cccc(F)c3)nc12. The number of hydrogen-bond acceptors (Lipinski definition) is 3. The van der Waals surface area contributed by atoms with Gasteiger partial charge in [0, 0.05) is 11.8 Å². The molecule has 0 bridgehead atoms. The molecule has 0 saturated carbocycles. The van der Waals surface area contributed by atoms with Crippen LogP contribution in [0.2, 0.25) is 0 Å². The van der Waals surface area contributed by atoms with Crippen molar-refractivity contribution in [3.8, 4) is 11.4 Å². The van der Waals surface area contributed by atoms with Gasteiger partial charge in [-0.15, -0.1) is 0 Å². The molecule has 0 radical (unpaired) electrons. The van der Waals surface area contributed by atoms with Gasteiger partial charge in [-0.05, 0) is 24.3 Å². The first-order valence-electron chi connectivity index (χ1n) is 5.90. The molecule has 3 aromatic rings. The van der Waals surface area contributed by atoms with Crippen molar-refractivity contribution in [2.45, 2.75) is 4.90 Å². The number of fused-ring (bicyclic) bond motifs is 1. The number of nitrogens with zero attached hydrogens (tertiary/aromatic N) is 1. The summed E-state index contributed by atoms with van der Waals surface area (Å²) >= 11 is 0. The van der Waals surface area contributed by atoms with Crippen molar-refractivity contribution >= 4 is 20.9 Å². The maximum absolute atomic E-state index is 13.2.